The Hall–Kier alpha value is -0.290. The van der Waals surface area contributed by atoms with Crippen molar-refractivity contribution in [2.24, 2.45) is 0 Å². The summed E-state index contributed by atoms with van der Waals surface area (Å²) in [5.41, 5.74) is 0. The van der Waals surface area contributed by atoms with Gasteiger partial charge in [-0.25, -0.2) is 4.79 Å². The fourth-order valence-electron chi connectivity index (χ4n) is 0.202. The van der Waals surface area contributed by atoms with E-state index in [1.165, 1.54) is 0 Å². The zero-order chi connectivity index (χ0) is 8.15. The Morgan fingerprint density at radius 2 is 1.40 bits per heavy atom. The molecule has 3 nitrogen and oxygen atoms in total. The Morgan fingerprint density at radius 1 is 1.10 bits per heavy atom. The fourth-order valence-corrected chi connectivity index (χ4v) is 0.466. The molecule has 56 valence electrons. The number of carbonyl (C=O) groups excluding carboxylic acids is 1. The Balaban J connectivity index is 3.65. The average molecular weight is 272 g/mol. The molecule has 0 saturated heterocycles. The van der Waals surface area contributed by atoms with E-state index in [4.69, 9.17) is 0 Å². The molecule has 0 unspecified atom stereocenters. The summed E-state index contributed by atoms with van der Waals surface area (Å²) >= 11 is 5.60. The van der Waals surface area contributed by atoms with Gasteiger partial charge in [-0.3, -0.25) is 0 Å². The van der Waals surface area contributed by atoms with E-state index < -0.39 is 6.16 Å². The lowest BCUT2D eigenvalue weighted by Crippen LogP contribution is -2.01. The van der Waals surface area contributed by atoms with Gasteiger partial charge in [0.2, 0.25) is 0 Å². The molecule has 0 aliphatic rings. The standard InChI is InChI=1S/C5H4Br2O3/c1-3(6)9-5(8)10-4(2)7/h1-2H2. The van der Waals surface area contributed by atoms with Gasteiger partial charge >= 0.3 is 6.16 Å². The van der Waals surface area contributed by atoms with E-state index in [-0.39, 0.29) is 9.34 Å². The summed E-state index contributed by atoms with van der Waals surface area (Å²) in [6.45, 7) is 6.50. The smallest absolute Gasteiger partial charge is 0.388 e. The van der Waals surface area contributed by atoms with E-state index >= 15 is 0 Å². The van der Waals surface area contributed by atoms with Crippen LogP contribution in [-0.2, 0) is 9.47 Å². The van der Waals surface area contributed by atoms with Crippen LogP contribution >= 0.6 is 31.9 Å². The molecule has 0 aromatic carbocycles. The third kappa shape index (κ3) is 5.84. The molecule has 0 bridgehead atoms. The maximum absolute atomic E-state index is 10.4. The van der Waals surface area contributed by atoms with Crippen molar-refractivity contribution >= 4 is 38.0 Å². The first kappa shape index (κ1) is 9.71. The summed E-state index contributed by atoms with van der Waals surface area (Å²) in [6.07, 6.45) is -0.885. The van der Waals surface area contributed by atoms with Crippen molar-refractivity contribution < 1.29 is 14.3 Å². The van der Waals surface area contributed by atoms with E-state index in [1.807, 2.05) is 0 Å². The van der Waals surface area contributed by atoms with E-state index in [0.717, 1.165) is 0 Å². The number of hydrogen-bond donors (Lipinski definition) is 0. The van der Waals surface area contributed by atoms with Gasteiger partial charge < -0.3 is 9.47 Å². The normalized spacial score (nSPS) is 8.20. The Morgan fingerprint density at radius 3 is 1.60 bits per heavy atom. The molecule has 0 radical (unpaired) electrons. The molecular formula is C5H4Br2O3. The SMILES string of the molecule is C=C(Br)OC(=O)OC(=C)Br. The maximum atomic E-state index is 10.4. The van der Waals surface area contributed by atoms with Gasteiger partial charge in [0.05, 0.1) is 0 Å². The molecule has 0 amide bonds. The minimum absolute atomic E-state index is 0.0891. The molecule has 0 saturated carbocycles. The van der Waals surface area contributed by atoms with Crippen molar-refractivity contribution in [2.45, 2.75) is 0 Å². The minimum Gasteiger partial charge on any atom is -0.388 e. The zero-order valence-corrected chi connectivity index (χ0v) is 8.07. The van der Waals surface area contributed by atoms with Crippen LogP contribution in [0.25, 0.3) is 0 Å². The van der Waals surface area contributed by atoms with Gasteiger partial charge in [0, 0.05) is 0 Å². The van der Waals surface area contributed by atoms with Gasteiger partial charge in [-0.15, -0.1) is 0 Å². The summed E-state index contributed by atoms with van der Waals surface area (Å²) in [4.78, 5) is 10.4. The Kier molecular flexibility index (Phi) is 4.38. The average Bonchev–Trinajstić information content (AvgIpc) is 1.58. The first-order valence-corrected chi connectivity index (χ1v) is 3.69. The summed E-state index contributed by atoms with van der Waals surface area (Å²) in [5, 5.41) is 0. The first-order chi connectivity index (χ1) is 4.52. The van der Waals surface area contributed by atoms with Gasteiger partial charge in [0.25, 0.3) is 0 Å². The second kappa shape index (κ2) is 4.51. The molecule has 0 aromatic heterocycles. The highest BCUT2D eigenvalue weighted by Crippen LogP contribution is 2.09. The summed E-state index contributed by atoms with van der Waals surface area (Å²) in [6, 6.07) is 0. The van der Waals surface area contributed by atoms with E-state index in [1.54, 1.807) is 0 Å². The van der Waals surface area contributed by atoms with Gasteiger partial charge in [0.1, 0.15) is 0 Å². The van der Waals surface area contributed by atoms with Crippen molar-refractivity contribution in [3.63, 3.8) is 0 Å². The molecule has 0 N–H and O–H groups in total. The van der Waals surface area contributed by atoms with Crippen LogP contribution in [0, 0.1) is 0 Å². The summed E-state index contributed by atoms with van der Waals surface area (Å²) in [7, 11) is 0. The third-order valence-electron chi connectivity index (χ3n) is 0.388. The van der Waals surface area contributed by atoms with E-state index in [2.05, 4.69) is 54.5 Å². The highest BCUT2D eigenvalue weighted by atomic mass is 79.9. The molecular weight excluding hydrogens is 268 g/mol. The number of carbonyl (C=O) groups is 1. The molecule has 0 aliphatic carbocycles. The lowest BCUT2D eigenvalue weighted by molar-refractivity contribution is 0.116. The number of hydrogen-bond acceptors (Lipinski definition) is 3. The molecule has 0 rings (SSSR count). The predicted molar refractivity (Wildman–Crippen MR) is 43.7 cm³/mol. The van der Waals surface area contributed by atoms with Gasteiger partial charge in [-0.1, -0.05) is 0 Å². The van der Waals surface area contributed by atoms with Crippen LogP contribution in [0.15, 0.2) is 22.5 Å². The van der Waals surface area contributed by atoms with Crippen LogP contribution in [0.3, 0.4) is 0 Å². The van der Waals surface area contributed by atoms with Crippen molar-refractivity contribution in [3.8, 4) is 0 Å². The highest BCUT2D eigenvalue weighted by molar-refractivity contribution is 9.11. The second-order valence-electron chi connectivity index (χ2n) is 1.16. The molecule has 0 spiro atoms. The van der Waals surface area contributed by atoms with E-state index in [9.17, 15) is 4.79 Å². The van der Waals surface area contributed by atoms with Crippen LogP contribution in [0.2, 0.25) is 0 Å². The number of rotatable bonds is 2. The van der Waals surface area contributed by atoms with Crippen molar-refractivity contribution in [3.05, 3.63) is 22.5 Å². The topological polar surface area (TPSA) is 35.5 Å². The Labute approximate surface area is 74.9 Å². The predicted octanol–water partition coefficient (Wildman–Crippen LogP) is 2.87. The van der Waals surface area contributed by atoms with Crippen molar-refractivity contribution in [1.29, 1.82) is 0 Å². The molecule has 0 atom stereocenters. The van der Waals surface area contributed by atoms with Crippen LogP contribution in [-0.4, -0.2) is 6.16 Å². The number of ether oxygens (including phenoxy) is 2. The first-order valence-electron chi connectivity index (χ1n) is 2.11. The van der Waals surface area contributed by atoms with Crippen LogP contribution in [0.5, 0.6) is 0 Å². The minimum atomic E-state index is -0.885. The molecule has 0 heterocycles. The van der Waals surface area contributed by atoms with Crippen LogP contribution in [0.4, 0.5) is 4.79 Å². The van der Waals surface area contributed by atoms with Gasteiger partial charge in [0.15, 0.2) is 9.34 Å². The zero-order valence-electron chi connectivity index (χ0n) is 4.89. The van der Waals surface area contributed by atoms with Crippen molar-refractivity contribution in [2.75, 3.05) is 0 Å². The quantitative estimate of drug-likeness (QED) is 0.572. The molecule has 0 fully saturated rings. The van der Waals surface area contributed by atoms with E-state index in [0.29, 0.717) is 0 Å². The highest BCUT2D eigenvalue weighted by Gasteiger charge is 2.04. The molecule has 5 heteroatoms. The maximum Gasteiger partial charge on any atom is 0.520 e. The monoisotopic (exact) mass is 270 g/mol. The largest absolute Gasteiger partial charge is 0.520 e. The van der Waals surface area contributed by atoms with Crippen molar-refractivity contribution in [1.82, 2.24) is 0 Å². The second-order valence-corrected chi connectivity index (χ2v) is 2.93. The lowest BCUT2D eigenvalue weighted by atomic mass is 11.1. The fraction of sp³-hybridized carbons (Fsp3) is 0. The molecule has 0 aromatic rings. The lowest BCUT2D eigenvalue weighted by Gasteiger charge is -1.99. The van der Waals surface area contributed by atoms with Gasteiger partial charge in [-0.2, -0.15) is 0 Å². The Bertz CT molecular complexity index is 158. The third-order valence-corrected chi connectivity index (χ3v) is 0.712. The van der Waals surface area contributed by atoms with Crippen LogP contribution in [0.1, 0.15) is 0 Å². The van der Waals surface area contributed by atoms with Crippen LogP contribution < -0.4 is 0 Å². The number of halogens is 2. The summed E-state index contributed by atoms with van der Waals surface area (Å²) < 4.78 is 8.84. The van der Waals surface area contributed by atoms with Gasteiger partial charge in [-0.05, 0) is 45.0 Å². The molecule has 0 aliphatic heterocycles. The molecule has 10 heavy (non-hydrogen) atoms. The summed E-state index contributed by atoms with van der Waals surface area (Å²) in [5.74, 6) is 0.